The number of nitrogens with one attached hydrogen (secondary N) is 1. The van der Waals surface area contributed by atoms with E-state index in [4.69, 9.17) is 4.74 Å². The summed E-state index contributed by atoms with van der Waals surface area (Å²) in [5.74, 6) is 0.976. The van der Waals surface area contributed by atoms with Gasteiger partial charge in [-0.2, -0.15) is 0 Å². The Kier molecular flexibility index (Phi) is 7.37. The van der Waals surface area contributed by atoms with Crippen molar-refractivity contribution in [3.8, 4) is 5.75 Å². The molecule has 1 unspecified atom stereocenters. The third kappa shape index (κ3) is 5.41. The van der Waals surface area contributed by atoms with Gasteiger partial charge in [-0.15, -0.1) is 0 Å². The molecule has 0 bridgehead atoms. The van der Waals surface area contributed by atoms with E-state index in [9.17, 15) is 4.79 Å². The molecule has 1 fully saturated rings. The number of rotatable bonds is 7. The van der Waals surface area contributed by atoms with Crippen molar-refractivity contribution in [2.45, 2.75) is 39.2 Å². The van der Waals surface area contributed by atoms with Crippen LogP contribution < -0.4 is 10.1 Å². The first-order valence-corrected chi connectivity index (χ1v) is 9.03. The van der Waals surface area contributed by atoms with Crippen LogP contribution in [0.2, 0.25) is 0 Å². The van der Waals surface area contributed by atoms with Crippen molar-refractivity contribution in [2.75, 3.05) is 39.8 Å². The number of hydrogen-bond donors (Lipinski definition) is 1. The molecule has 1 saturated heterocycles. The lowest BCUT2D eigenvalue weighted by Crippen LogP contribution is -2.53. The Morgan fingerprint density at radius 2 is 1.96 bits per heavy atom. The minimum atomic E-state index is 0.0815. The van der Waals surface area contributed by atoms with E-state index in [1.54, 1.807) is 7.11 Å². The second-order valence-electron chi connectivity index (χ2n) is 6.50. The predicted molar refractivity (Wildman–Crippen MR) is 97.6 cm³/mol. The van der Waals surface area contributed by atoms with Gasteiger partial charge in [0.1, 0.15) is 5.75 Å². The summed E-state index contributed by atoms with van der Waals surface area (Å²) in [6.45, 7) is 8.75. The molecule has 2 rings (SSSR count). The van der Waals surface area contributed by atoms with Gasteiger partial charge in [0.15, 0.2) is 0 Å². The van der Waals surface area contributed by atoms with E-state index in [0.717, 1.165) is 57.7 Å². The molecule has 0 aliphatic carbocycles. The fourth-order valence-corrected chi connectivity index (χ4v) is 2.98. The van der Waals surface area contributed by atoms with Gasteiger partial charge in [0.2, 0.25) is 0 Å². The molecule has 1 aromatic carbocycles. The summed E-state index contributed by atoms with van der Waals surface area (Å²) in [6, 6.07) is 8.55. The molecule has 1 N–H and O–H groups in total. The molecule has 134 valence electrons. The van der Waals surface area contributed by atoms with E-state index in [2.05, 4.69) is 29.3 Å². The fourth-order valence-electron chi connectivity index (χ4n) is 2.98. The second-order valence-corrected chi connectivity index (χ2v) is 6.50. The first kappa shape index (κ1) is 18.6. The zero-order chi connectivity index (χ0) is 17.4. The first-order chi connectivity index (χ1) is 11.6. The molecule has 0 saturated carbocycles. The third-order valence-corrected chi connectivity index (χ3v) is 4.75. The predicted octanol–water partition coefficient (Wildman–Crippen LogP) is 2.75. The molecule has 0 spiro atoms. The van der Waals surface area contributed by atoms with E-state index in [0.29, 0.717) is 0 Å². The molecular formula is C19H31N3O2. The molecule has 1 aromatic rings. The summed E-state index contributed by atoms with van der Waals surface area (Å²) in [7, 11) is 1.72. The SMILES string of the molecule is CCC(C)NC(=O)N1CCN(CCCc2ccccc2OC)CC1. The van der Waals surface area contributed by atoms with Gasteiger partial charge >= 0.3 is 6.03 Å². The Morgan fingerprint density at radius 3 is 2.62 bits per heavy atom. The lowest BCUT2D eigenvalue weighted by atomic mass is 10.1. The van der Waals surface area contributed by atoms with Gasteiger partial charge in [-0.3, -0.25) is 4.90 Å². The molecule has 2 amide bonds. The number of methoxy groups -OCH3 is 1. The standard InChI is InChI=1S/C19H31N3O2/c1-4-16(2)20-19(23)22-14-12-21(13-15-22)11-7-9-17-8-5-6-10-18(17)24-3/h5-6,8,10,16H,4,7,9,11-15H2,1-3H3,(H,20,23). The van der Waals surface area contributed by atoms with Gasteiger partial charge in [0.05, 0.1) is 7.11 Å². The average Bonchev–Trinajstić information content (AvgIpc) is 2.62. The number of carbonyl (C=O) groups is 1. The van der Waals surface area contributed by atoms with E-state index in [1.165, 1.54) is 5.56 Å². The van der Waals surface area contributed by atoms with Crippen LogP contribution in [0.1, 0.15) is 32.3 Å². The topological polar surface area (TPSA) is 44.8 Å². The molecule has 5 nitrogen and oxygen atoms in total. The van der Waals surface area contributed by atoms with Crippen LogP contribution in [-0.2, 0) is 6.42 Å². The van der Waals surface area contributed by atoms with E-state index >= 15 is 0 Å². The maximum absolute atomic E-state index is 12.1. The monoisotopic (exact) mass is 333 g/mol. The van der Waals surface area contributed by atoms with Crippen LogP contribution in [0.5, 0.6) is 5.75 Å². The summed E-state index contributed by atoms with van der Waals surface area (Å²) in [5.41, 5.74) is 1.27. The van der Waals surface area contributed by atoms with Crippen molar-refractivity contribution < 1.29 is 9.53 Å². The minimum absolute atomic E-state index is 0.0815. The molecule has 1 aliphatic heterocycles. The van der Waals surface area contributed by atoms with E-state index in [-0.39, 0.29) is 12.1 Å². The smallest absolute Gasteiger partial charge is 0.317 e. The van der Waals surface area contributed by atoms with Gasteiger partial charge in [-0.05, 0) is 44.4 Å². The van der Waals surface area contributed by atoms with Crippen LogP contribution in [0.3, 0.4) is 0 Å². The Balaban J connectivity index is 1.69. The summed E-state index contributed by atoms with van der Waals surface area (Å²) in [5, 5.41) is 3.05. The maximum Gasteiger partial charge on any atom is 0.317 e. The van der Waals surface area contributed by atoms with Crippen LogP contribution in [0, 0.1) is 0 Å². The lowest BCUT2D eigenvalue weighted by Gasteiger charge is -2.35. The number of benzene rings is 1. The first-order valence-electron chi connectivity index (χ1n) is 9.03. The highest BCUT2D eigenvalue weighted by Gasteiger charge is 2.21. The van der Waals surface area contributed by atoms with Gasteiger partial charge in [0.25, 0.3) is 0 Å². The number of ether oxygens (including phenoxy) is 1. The number of hydrogen-bond acceptors (Lipinski definition) is 3. The largest absolute Gasteiger partial charge is 0.496 e. The zero-order valence-corrected chi connectivity index (χ0v) is 15.3. The Hall–Kier alpha value is -1.75. The van der Waals surface area contributed by atoms with Crippen molar-refractivity contribution >= 4 is 6.03 Å². The number of piperazine rings is 1. The minimum Gasteiger partial charge on any atom is -0.496 e. The molecule has 5 heteroatoms. The molecule has 0 aromatic heterocycles. The van der Waals surface area contributed by atoms with Crippen molar-refractivity contribution in [3.05, 3.63) is 29.8 Å². The Morgan fingerprint density at radius 1 is 1.25 bits per heavy atom. The molecule has 1 heterocycles. The molecular weight excluding hydrogens is 302 g/mol. The number of amides is 2. The number of urea groups is 1. The van der Waals surface area contributed by atoms with E-state index in [1.807, 2.05) is 24.0 Å². The number of para-hydroxylation sites is 1. The van der Waals surface area contributed by atoms with Crippen LogP contribution in [0.4, 0.5) is 4.79 Å². The lowest BCUT2D eigenvalue weighted by molar-refractivity contribution is 0.136. The summed E-state index contributed by atoms with van der Waals surface area (Å²) in [4.78, 5) is 16.5. The Bertz CT molecular complexity index is 513. The van der Waals surface area contributed by atoms with Crippen molar-refractivity contribution in [3.63, 3.8) is 0 Å². The van der Waals surface area contributed by atoms with Crippen LogP contribution in [0.15, 0.2) is 24.3 Å². The van der Waals surface area contributed by atoms with Crippen LogP contribution >= 0.6 is 0 Å². The number of nitrogens with zero attached hydrogens (tertiary/aromatic N) is 2. The zero-order valence-electron chi connectivity index (χ0n) is 15.3. The van der Waals surface area contributed by atoms with Crippen molar-refractivity contribution in [1.29, 1.82) is 0 Å². The highest BCUT2D eigenvalue weighted by atomic mass is 16.5. The van der Waals surface area contributed by atoms with Crippen LogP contribution in [0.25, 0.3) is 0 Å². The molecule has 0 radical (unpaired) electrons. The molecule has 1 aliphatic rings. The Labute approximate surface area is 146 Å². The number of carbonyl (C=O) groups excluding carboxylic acids is 1. The fraction of sp³-hybridized carbons (Fsp3) is 0.632. The van der Waals surface area contributed by atoms with Crippen molar-refractivity contribution in [1.82, 2.24) is 15.1 Å². The average molecular weight is 333 g/mol. The van der Waals surface area contributed by atoms with Gasteiger partial charge in [-0.25, -0.2) is 4.79 Å². The van der Waals surface area contributed by atoms with Gasteiger partial charge in [-0.1, -0.05) is 25.1 Å². The number of aryl methyl sites for hydroxylation is 1. The third-order valence-electron chi connectivity index (χ3n) is 4.75. The van der Waals surface area contributed by atoms with Gasteiger partial charge < -0.3 is 15.0 Å². The van der Waals surface area contributed by atoms with Crippen LogP contribution in [-0.4, -0.2) is 61.7 Å². The summed E-state index contributed by atoms with van der Waals surface area (Å²) < 4.78 is 5.40. The second kappa shape index (κ2) is 9.52. The van der Waals surface area contributed by atoms with Crippen molar-refractivity contribution in [2.24, 2.45) is 0 Å². The summed E-state index contributed by atoms with van der Waals surface area (Å²) in [6.07, 6.45) is 3.10. The summed E-state index contributed by atoms with van der Waals surface area (Å²) >= 11 is 0. The van der Waals surface area contributed by atoms with Gasteiger partial charge in [0, 0.05) is 32.2 Å². The van der Waals surface area contributed by atoms with E-state index < -0.39 is 0 Å². The quantitative estimate of drug-likeness (QED) is 0.834. The molecule has 24 heavy (non-hydrogen) atoms. The highest BCUT2D eigenvalue weighted by molar-refractivity contribution is 5.74. The maximum atomic E-state index is 12.1. The highest BCUT2D eigenvalue weighted by Crippen LogP contribution is 2.19. The molecule has 1 atom stereocenters. The normalized spacial score (nSPS) is 16.7.